The first-order valence-electron chi connectivity index (χ1n) is 26.7. The fourth-order valence-corrected chi connectivity index (χ4v) is 16.2. The highest BCUT2D eigenvalue weighted by atomic mass is 17.3. The molecule has 15 fully saturated rings. The molecule has 3 spiro atoms. The quantitative estimate of drug-likeness (QED) is 0.137. The molecule has 19 nitrogen and oxygen atoms in total. The number of carbonyl (C=O) groups excluding carboxylic acids is 3. The lowest BCUT2D eigenvalue weighted by Gasteiger charge is -2.60. The van der Waals surface area contributed by atoms with Gasteiger partial charge in [-0.3, -0.25) is 19.3 Å². The van der Waals surface area contributed by atoms with Crippen LogP contribution in [0.3, 0.4) is 0 Å². The van der Waals surface area contributed by atoms with Crippen LogP contribution in [0.15, 0.2) is 0 Å². The van der Waals surface area contributed by atoms with Gasteiger partial charge in [-0.15, -0.1) is 0 Å². The lowest BCUT2D eigenvalue weighted by Crippen LogP contribution is -2.70. The summed E-state index contributed by atoms with van der Waals surface area (Å²) in [5.74, 6) is -4.89. The fraction of sp³-hybridized carbons (Fsp3) is 0.941. The van der Waals surface area contributed by atoms with Gasteiger partial charge >= 0.3 is 17.9 Å². The molecular weight excluding hydrogens is 915 g/mol. The summed E-state index contributed by atoms with van der Waals surface area (Å²) in [6, 6.07) is 0. The molecule has 0 aromatic carbocycles. The van der Waals surface area contributed by atoms with Crippen molar-refractivity contribution < 1.29 is 86.3 Å². The van der Waals surface area contributed by atoms with Crippen LogP contribution in [-0.4, -0.2) is 114 Å². The predicted octanol–water partition coefficient (Wildman–Crippen LogP) is 6.54. The molecule has 0 N–H and O–H groups in total. The van der Waals surface area contributed by atoms with Gasteiger partial charge in [-0.1, -0.05) is 41.5 Å². The van der Waals surface area contributed by atoms with Crippen molar-refractivity contribution in [1.82, 2.24) is 4.90 Å². The van der Waals surface area contributed by atoms with Gasteiger partial charge in [-0.05, 0) is 114 Å². The summed E-state index contributed by atoms with van der Waals surface area (Å²) in [7, 11) is 0. The first-order chi connectivity index (χ1) is 33.3. The Kier molecular flexibility index (Phi) is 12.0. The molecule has 0 amide bonds. The first-order valence-corrected chi connectivity index (χ1v) is 26.7. The van der Waals surface area contributed by atoms with Crippen LogP contribution in [0.2, 0.25) is 0 Å². The van der Waals surface area contributed by atoms with E-state index in [0.717, 1.165) is 57.8 Å². The summed E-state index contributed by atoms with van der Waals surface area (Å²) in [5.41, 5.74) is -2.56. The van der Waals surface area contributed by atoms with Crippen LogP contribution in [0.4, 0.5) is 0 Å². The third kappa shape index (κ3) is 7.46. The van der Waals surface area contributed by atoms with E-state index in [4.69, 9.17) is 72.0 Å². The largest absolute Gasteiger partial charge is 0.434 e. The van der Waals surface area contributed by atoms with Crippen molar-refractivity contribution in [2.45, 2.75) is 211 Å². The SMILES string of the molecule is C[C@@H]1CC[C@H]2[C@@H](C)C(OC(=O)CN(CC(=O)OC3O[C@@H]4O[C@]5(C)CC[C@H]6[C@H](C)CC[C@@H]([C@H]3C)[C@@]46OO5)CC(=O)OC3O[C@@H]4O[C@]5(C)CC[C@H]6[C@H](C)CC[C@@H]([C@H]3C)[C@@]46OO5)O[C@@H]3O[C@]4(C)CC[C@@H]1[C@]32OO4. The number of nitrogens with zero attached hydrogens (tertiary/aromatic N) is 1. The van der Waals surface area contributed by atoms with Crippen LogP contribution in [0.1, 0.15) is 139 Å². The average molecular weight is 990 g/mol. The van der Waals surface area contributed by atoms with Crippen molar-refractivity contribution >= 4 is 17.9 Å². The van der Waals surface area contributed by atoms with E-state index in [-0.39, 0.29) is 53.3 Å². The zero-order valence-electron chi connectivity index (χ0n) is 42.3. The van der Waals surface area contributed by atoms with Gasteiger partial charge in [0.1, 0.15) is 0 Å². The molecule has 12 aliphatic heterocycles. The zero-order chi connectivity index (χ0) is 48.9. The molecule has 24 atom stereocenters. The van der Waals surface area contributed by atoms with Crippen molar-refractivity contribution in [3.63, 3.8) is 0 Å². The molecule has 0 radical (unpaired) electrons. The maximum Gasteiger partial charge on any atom is 0.322 e. The van der Waals surface area contributed by atoms with Crippen molar-refractivity contribution in [3.05, 3.63) is 0 Å². The molecular formula is C51H75NO18. The van der Waals surface area contributed by atoms with Gasteiger partial charge in [-0.2, -0.15) is 0 Å². The van der Waals surface area contributed by atoms with Crippen molar-refractivity contribution in [2.24, 2.45) is 71.0 Å². The van der Waals surface area contributed by atoms with Crippen molar-refractivity contribution in [1.29, 1.82) is 0 Å². The molecule has 392 valence electrons. The highest BCUT2D eigenvalue weighted by Gasteiger charge is 2.73. The van der Waals surface area contributed by atoms with E-state index in [0.29, 0.717) is 37.0 Å². The fourth-order valence-electron chi connectivity index (χ4n) is 16.2. The number of fused-ring (bicyclic) bond motifs is 6. The van der Waals surface area contributed by atoms with Crippen molar-refractivity contribution in [3.8, 4) is 0 Å². The molecule has 19 heteroatoms. The molecule has 6 bridgehead atoms. The third-order valence-electron chi connectivity index (χ3n) is 20.1. The highest BCUT2D eigenvalue weighted by Crippen LogP contribution is 2.64. The van der Waals surface area contributed by atoms with Crippen LogP contribution in [-0.2, 0) is 86.3 Å². The van der Waals surface area contributed by atoms with E-state index in [9.17, 15) is 14.4 Å². The summed E-state index contributed by atoms with van der Waals surface area (Å²) in [4.78, 5) is 81.1. The molecule has 12 heterocycles. The summed E-state index contributed by atoms with van der Waals surface area (Å²) in [6.45, 7) is 16.8. The minimum absolute atomic E-state index is 0.0908. The van der Waals surface area contributed by atoms with Gasteiger partial charge in [0.05, 0.1) is 19.6 Å². The Labute approximate surface area is 410 Å². The average Bonchev–Trinajstić information content (AvgIpc) is 3.79. The summed E-state index contributed by atoms with van der Waals surface area (Å²) in [5, 5.41) is 0. The van der Waals surface area contributed by atoms with E-state index in [2.05, 4.69) is 20.8 Å². The summed E-state index contributed by atoms with van der Waals surface area (Å²) < 4.78 is 57.8. The lowest BCUT2D eigenvalue weighted by atomic mass is 9.58. The number of carbonyl (C=O) groups is 3. The summed E-state index contributed by atoms with van der Waals surface area (Å²) >= 11 is 0. The molecule has 15 rings (SSSR count). The second-order valence-corrected chi connectivity index (χ2v) is 24.4. The van der Waals surface area contributed by atoms with Gasteiger partial charge in [0.2, 0.25) is 36.2 Å². The Balaban J connectivity index is 0.770. The van der Waals surface area contributed by atoms with Crippen LogP contribution < -0.4 is 0 Å². The second-order valence-electron chi connectivity index (χ2n) is 24.4. The summed E-state index contributed by atoms with van der Waals surface area (Å²) in [6.07, 6.45) is 4.32. The minimum Gasteiger partial charge on any atom is -0.434 e. The number of rotatable bonds is 9. The van der Waals surface area contributed by atoms with Gasteiger partial charge in [0.25, 0.3) is 0 Å². The standard InChI is InChI=1S/C51H75NO18/c1-25-10-13-34-28(4)40(59-43-49(34)31(25)16-19-46(7,62-43)65-68-49)56-37(53)22-52(23-38(54)57-41-29(5)35-14-11-26(2)32-17-20-47(8)63-44(60-41)50(32,35)69-66-47)24-39(55)58-42-30(6)36-15-12-27(3)33-18-21-48(9)64-45(61-42)51(33,36)70-67-48/h25-36,40-45H,10-24H2,1-9H3/t25-,26-,27-,28-,29-,30-,31+,32+,33+,34+,35+,36+,40?,41?,42?,43-,44-,45-,46+,47+,48+,49-,50-,51-/m1/s1. The van der Waals surface area contributed by atoms with Crippen LogP contribution in [0, 0.1) is 71.0 Å². The Morgan fingerprint density at radius 3 is 0.986 bits per heavy atom. The van der Waals surface area contributed by atoms with E-state index in [1.165, 1.54) is 4.90 Å². The normalized spacial score (nSPS) is 54.9. The number of esters is 3. The third-order valence-corrected chi connectivity index (χ3v) is 20.1. The Bertz CT molecular complexity index is 1840. The first kappa shape index (κ1) is 48.8. The number of hydrogen-bond acceptors (Lipinski definition) is 19. The smallest absolute Gasteiger partial charge is 0.322 e. The minimum atomic E-state index is -1.01. The number of hydrogen-bond donors (Lipinski definition) is 0. The Morgan fingerprint density at radius 2 is 0.700 bits per heavy atom. The van der Waals surface area contributed by atoms with E-state index in [1.807, 2.05) is 41.5 Å². The molecule has 0 aromatic rings. The van der Waals surface area contributed by atoms with Gasteiger partial charge in [0.15, 0.2) is 35.7 Å². The van der Waals surface area contributed by atoms with E-state index in [1.54, 1.807) is 0 Å². The van der Waals surface area contributed by atoms with Crippen LogP contribution >= 0.6 is 0 Å². The molecule has 70 heavy (non-hydrogen) atoms. The molecule has 15 aliphatic rings. The Hall–Kier alpha value is -2.11. The zero-order valence-corrected chi connectivity index (χ0v) is 42.3. The molecule has 12 saturated heterocycles. The Morgan fingerprint density at radius 1 is 0.414 bits per heavy atom. The highest BCUT2D eigenvalue weighted by molar-refractivity contribution is 5.78. The maximum atomic E-state index is 14.3. The van der Waals surface area contributed by atoms with Gasteiger partial charge in [0, 0.05) is 54.8 Å². The maximum absolute atomic E-state index is 14.3. The van der Waals surface area contributed by atoms with Crippen LogP contribution in [0.5, 0.6) is 0 Å². The topological polar surface area (TPSA) is 193 Å². The lowest BCUT2D eigenvalue weighted by molar-refractivity contribution is -0.576. The molecule has 0 aromatic heterocycles. The molecule has 3 aliphatic carbocycles. The van der Waals surface area contributed by atoms with Crippen molar-refractivity contribution in [2.75, 3.05) is 19.6 Å². The van der Waals surface area contributed by atoms with E-state index < -0.39 is 109 Å². The van der Waals surface area contributed by atoms with Gasteiger partial charge in [-0.25, -0.2) is 29.3 Å². The molecule has 3 unspecified atom stereocenters. The number of ether oxygens (including phenoxy) is 9. The predicted molar refractivity (Wildman–Crippen MR) is 235 cm³/mol. The van der Waals surface area contributed by atoms with Gasteiger partial charge < -0.3 is 42.6 Å². The molecule has 3 saturated carbocycles. The van der Waals surface area contributed by atoms with E-state index >= 15 is 0 Å². The second kappa shape index (κ2) is 17.2. The van der Waals surface area contributed by atoms with Crippen LogP contribution in [0.25, 0.3) is 0 Å². The monoisotopic (exact) mass is 989 g/mol.